The maximum absolute atomic E-state index is 11.8. The van der Waals surface area contributed by atoms with Crippen molar-refractivity contribution in [2.24, 2.45) is 0 Å². The molecule has 6 nitrogen and oxygen atoms in total. The average molecular weight is 291 g/mol. The highest BCUT2D eigenvalue weighted by atomic mass is 16.5. The van der Waals surface area contributed by atoms with Gasteiger partial charge in [0.05, 0.1) is 6.10 Å². The summed E-state index contributed by atoms with van der Waals surface area (Å²) < 4.78 is 5.44. The lowest BCUT2D eigenvalue weighted by molar-refractivity contribution is -0.115. The molecule has 1 aromatic carbocycles. The van der Waals surface area contributed by atoms with Crippen LogP contribution in [0.3, 0.4) is 0 Å². The molecular weight excluding hydrogens is 270 g/mol. The molecule has 6 heteroatoms. The number of nitrogens with one attached hydrogen (secondary N) is 3. The number of amides is 3. The monoisotopic (exact) mass is 291 g/mol. The molecule has 1 aliphatic rings. The van der Waals surface area contributed by atoms with Crippen molar-refractivity contribution in [2.75, 3.05) is 23.8 Å². The predicted octanol–water partition coefficient (Wildman–Crippen LogP) is 2.34. The standard InChI is InChI=1S/C15H21N3O3/c1-2-14(19)17-11-5-3-6-12(9-11)18-15(20)16-10-13-7-4-8-21-13/h3,5-6,9,13H,2,4,7-8,10H2,1H3,(H,17,19)(H2,16,18,20). The Morgan fingerprint density at radius 3 is 2.71 bits per heavy atom. The zero-order chi connectivity index (χ0) is 15.1. The fourth-order valence-electron chi connectivity index (χ4n) is 2.11. The molecule has 2 rings (SSSR count). The van der Waals surface area contributed by atoms with Crippen LogP contribution in [0, 0.1) is 0 Å². The molecule has 1 unspecified atom stereocenters. The van der Waals surface area contributed by atoms with Crippen LogP contribution in [-0.2, 0) is 9.53 Å². The SMILES string of the molecule is CCC(=O)Nc1cccc(NC(=O)NCC2CCCO2)c1. The van der Waals surface area contributed by atoms with Crippen LogP contribution in [0.2, 0.25) is 0 Å². The van der Waals surface area contributed by atoms with Crippen molar-refractivity contribution in [1.82, 2.24) is 5.32 Å². The van der Waals surface area contributed by atoms with Gasteiger partial charge in [-0.15, -0.1) is 0 Å². The number of benzene rings is 1. The zero-order valence-electron chi connectivity index (χ0n) is 12.1. The highest BCUT2D eigenvalue weighted by Gasteiger charge is 2.16. The molecule has 3 amide bonds. The summed E-state index contributed by atoms with van der Waals surface area (Å²) in [5, 5.41) is 8.27. The Morgan fingerprint density at radius 1 is 1.29 bits per heavy atom. The van der Waals surface area contributed by atoms with E-state index in [1.807, 2.05) is 0 Å². The number of urea groups is 1. The van der Waals surface area contributed by atoms with Crippen LogP contribution in [0.4, 0.5) is 16.2 Å². The number of hydrogen-bond acceptors (Lipinski definition) is 3. The maximum Gasteiger partial charge on any atom is 0.319 e. The van der Waals surface area contributed by atoms with Crippen molar-refractivity contribution < 1.29 is 14.3 Å². The molecule has 3 N–H and O–H groups in total. The van der Waals surface area contributed by atoms with Crippen LogP contribution in [0.25, 0.3) is 0 Å². The van der Waals surface area contributed by atoms with Crippen LogP contribution in [0.1, 0.15) is 26.2 Å². The van der Waals surface area contributed by atoms with Crippen molar-refractivity contribution in [3.63, 3.8) is 0 Å². The van der Waals surface area contributed by atoms with Gasteiger partial charge in [-0.2, -0.15) is 0 Å². The largest absolute Gasteiger partial charge is 0.376 e. The fraction of sp³-hybridized carbons (Fsp3) is 0.467. The Bertz CT molecular complexity index is 499. The molecule has 114 valence electrons. The summed E-state index contributed by atoms with van der Waals surface area (Å²) in [6.07, 6.45) is 2.57. The van der Waals surface area contributed by atoms with Gasteiger partial charge in [-0.25, -0.2) is 4.79 Å². The molecular formula is C15H21N3O3. The molecule has 21 heavy (non-hydrogen) atoms. The summed E-state index contributed by atoms with van der Waals surface area (Å²) in [4.78, 5) is 23.1. The zero-order valence-corrected chi connectivity index (χ0v) is 12.1. The molecule has 1 heterocycles. The Morgan fingerprint density at radius 2 is 2.05 bits per heavy atom. The van der Waals surface area contributed by atoms with E-state index in [0.29, 0.717) is 24.3 Å². The third-order valence-corrected chi connectivity index (χ3v) is 3.24. The minimum Gasteiger partial charge on any atom is -0.376 e. The highest BCUT2D eigenvalue weighted by Crippen LogP contribution is 2.15. The van der Waals surface area contributed by atoms with Crippen LogP contribution in [-0.4, -0.2) is 31.2 Å². The van der Waals surface area contributed by atoms with Crippen molar-refractivity contribution in [3.05, 3.63) is 24.3 Å². The first-order chi connectivity index (χ1) is 10.2. The summed E-state index contributed by atoms with van der Waals surface area (Å²) in [6.45, 7) is 3.07. The summed E-state index contributed by atoms with van der Waals surface area (Å²) in [5.74, 6) is -0.0602. The third kappa shape index (κ3) is 5.07. The van der Waals surface area contributed by atoms with Gasteiger partial charge in [-0.3, -0.25) is 4.79 Å². The van der Waals surface area contributed by atoms with E-state index >= 15 is 0 Å². The van der Waals surface area contributed by atoms with E-state index in [9.17, 15) is 9.59 Å². The average Bonchev–Trinajstić information content (AvgIpc) is 2.98. The summed E-state index contributed by atoms with van der Waals surface area (Å²) in [5.41, 5.74) is 1.30. The molecule has 0 bridgehead atoms. The topological polar surface area (TPSA) is 79.5 Å². The van der Waals surface area contributed by atoms with Gasteiger partial charge in [0.2, 0.25) is 5.91 Å². The van der Waals surface area contributed by atoms with E-state index in [1.54, 1.807) is 31.2 Å². The van der Waals surface area contributed by atoms with E-state index in [0.717, 1.165) is 19.4 Å². The Balaban J connectivity index is 1.82. The first kappa shape index (κ1) is 15.3. The van der Waals surface area contributed by atoms with Crippen molar-refractivity contribution in [1.29, 1.82) is 0 Å². The molecule has 1 aromatic rings. The smallest absolute Gasteiger partial charge is 0.319 e. The van der Waals surface area contributed by atoms with Crippen LogP contribution in [0.5, 0.6) is 0 Å². The number of hydrogen-bond donors (Lipinski definition) is 3. The lowest BCUT2D eigenvalue weighted by Crippen LogP contribution is -2.35. The van der Waals surface area contributed by atoms with Gasteiger partial charge in [0.15, 0.2) is 0 Å². The third-order valence-electron chi connectivity index (χ3n) is 3.24. The highest BCUT2D eigenvalue weighted by molar-refractivity contribution is 5.93. The van der Waals surface area contributed by atoms with Crippen LogP contribution >= 0.6 is 0 Å². The summed E-state index contributed by atoms with van der Waals surface area (Å²) >= 11 is 0. The van der Waals surface area contributed by atoms with E-state index in [1.165, 1.54) is 0 Å². The van der Waals surface area contributed by atoms with Gasteiger partial charge in [0.1, 0.15) is 0 Å². The maximum atomic E-state index is 11.8. The van der Waals surface area contributed by atoms with Crippen LogP contribution in [0.15, 0.2) is 24.3 Å². The second kappa shape index (κ2) is 7.64. The van der Waals surface area contributed by atoms with Gasteiger partial charge < -0.3 is 20.7 Å². The molecule has 1 saturated heterocycles. The Labute approximate surface area is 124 Å². The van der Waals surface area contributed by atoms with Gasteiger partial charge in [0, 0.05) is 30.9 Å². The van der Waals surface area contributed by atoms with E-state index in [2.05, 4.69) is 16.0 Å². The quantitative estimate of drug-likeness (QED) is 0.779. The molecule has 0 saturated carbocycles. The van der Waals surface area contributed by atoms with Crippen molar-refractivity contribution in [3.8, 4) is 0 Å². The summed E-state index contributed by atoms with van der Waals surface area (Å²) in [7, 11) is 0. The van der Waals surface area contributed by atoms with Crippen LogP contribution < -0.4 is 16.0 Å². The normalized spacial score (nSPS) is 17.3. The molecule has 1 fully saturated rings. The van der Waals surface area contributed by atoms with Gasteiger partial charge in [0.25, 0.3) is 0 Å². The minimum absolute atomic E-state index is 0.0602. The molecule has 0 aromatic heterocycles. The molecule has 0 radical (unpaired) electrons. The predicted molar refractivity (Wildman–Crippen MR) is 81.4 cm³/mol. The number of carbonyl (C=O) groups excluding carboxylic acids is 2. The lowest BCUT2D eigenvalue weighted by Gasteiger charge is -2.12. The van der Waals surface area contributed by atoms with E-state index in [4.69, 9.17) is 4.74 Å². The second-order valence-corrected chi connectivity index (χ2v) is 4.95. The Hall–Kier alpha value is -2.08. The first-order valence-corrected chi connectivity index (χ1v) is 7.23. The van der Waals surface area contributed by atoms with Crippen molar-refractivity contribution >= 4 is 23.3 Å². The van der Waals surface area contributed by atoms with E-state index < -0.39 is 0 Å². The van der Waals surface area contributed by atoms with Crippen molar-refractivity contribution in [2.45, 2.75) is 32.3 Å². The van der Waals surface area contributed by atoms with E-state index in [-0.39, 0.29) is 18.0 Å². The minimum atomic E-state index is -0.274. The Kier molecular flexibility index (Phi) is 5.57. The van der Waals surface area contributed by atoms with Gasteiger partial charge >= 0.3 is 6.03 Å². The fourth-order valence-corrected chi connectivity index (χ4v) is 2.11. The first-order valence-electron chi connectivity index (χ1n) is 7.23. The molecule has 0 aliphatic carbocycles. The molecule has 1 atom stereocenters. The lowest BCUT2D eigenvalue weighted by atomic mass is 10.2. The molecule has 0 spiro atoms. The number of carbonyl (C=O) groups is 2. The number of rotatable bonds is 5. The summed E-state index contributed by atoms with van der Waals surface area (Å²) in [6, 6.07) is 6.78. The number of anilines is 2. The van der Waals surface area contributed by atoms with Gasteiger partial charge in [-0.1, -0.05) is 13.0 Å². The van der Waals surface area contributed by atoms with Gasteiger partial charge in [-0.05, 0) is 31.0 Å². The number of ether oxygens (including phenoxy) is 1. The molecule has 1 aliphatic heterocycles. The second-order valence-electron chi connectivity index (χ2n) is 4.95.